The topological polar surface area (TPSA) is 75.7 Å². The minimum Gasteiger partial charge on any atom is -0.455 e. The van der Waals surface area contributed by atoms with Crippen molar-refractivity contribution in [1.82, 2.24) is 10.2 Å². The zero-order chi connectivity index (χ0) is 20.4. The molecule has 1 aromatic rings. The van der Waals surface area contributed by atoms with Crippen molar-refractivity contribution in [2.24, 2.45) is 0 Å². The number of ether oxygens (including phenoxy) is 1. The Morgan fingerprint density at radius 2 is 1.82 bits per heavy atom. The Kier molecular flexibility index (Phi) is 9.34. The molecule has 1 fully saturated rings. The summed E-state index contributed by atoms with van der Waals surface area (Å²) in [5.41, 5.74) is 0.985. The number of hydrogen-bond acceptors (Lipinski definition) is 5. The fourth-order valence-corrected chi connectivity index (χ4v) is 4.02. The second kappa shape index (κ2) is 11.7. The molecule has 6 nitrogen and oxygen atoms in total. The van der Waals surface area contributed by atoms with E-state index in [4.69, 9.17) is 4.74 Å². The molecule has 154 valence electrons. The van der Waals surface area contributed by atoms with E-state index in [0.717, 1.165) is 18.4 Å². The molecular formula is C21H30N2O4S. The van der Waals surface area contributed by atoms with E-state index in [-0.39, 0.29) is 36.0 Å². The average Bonchev–Trinajstić information content (AvgIpc) is 2.72. The normalized spacial score (nSPS) is 15.5. The number of benzene rings is 1. The molecular weight excluding hydrogens is 376 g/mol. The number of carbonyl (C=O) groups excluding carboxylic acids is 3. The zero-order valence-electron chi connectivity index (χ0n) is 16.7. The third-order valence-electron chi connectivity index (χ3n) is 5.00. The summed E-state index contributed by atoms with van der Waals surface area (Å²) in [6.07, 6.45) is 5.72. The highest BCUT2D eigenvalue weighted by Gasteiger charge is 2.22. The molecule has 2 amide bonds. The first-order chi connectivity index (χ1) is 13.5. The Labute approximate surface area is 171 Å². The van der Waals surface area contributed by atoms with Gasteiger partial charge in [-0.1, -0.05) is 49.6 Å². The summed E-state index contributed by atoms with van der Waals surface area (Å²) in [6, 6.07) is 9.74. The van der Waals surface area contributed by atoms with Crippen LogP contribution in [0.2, 0.25) is 0 Å². The molecule has 0 heterocycles. The number of carbonyl (C=O) groups is 3. The quantitative estimate of drug-likeness (QED) is 0.638. The third-order valence-corrected chi connectivity index (χ3v) is 5.89. The molecule has 0 aliphatic heterocycles. The number of hydrogen-bond donors (Lipinski definition) is 1. The maximum Gasteiger partial charge on any atom is 0.316 e. The molecule has 1 aliphatic rings. The molecule has 0 radical (unpaired) electrons. The third kappa shape index (κ3) is 7.54. The summed E-state index contributed by atoms with van der Waals surface area (Å²) in [6.45, 7) is 1.56. The van der Waals surface area contributed by atoms with Crippen LogP contribution in [-0.4, -0.2) is 53.9 Å². The van der Waals surface area contributed by atoms with Crippen LogP contribution in [0.1, 0.15) is 50.6 Å². The van der Waals surface area contributed by atoms with E-state index in [1.54, 1.807) is 0 Å². The SMILES string of the molecule is C[C@@H](NC(=O)COC(=O)CSCC(=O)N(C)C1CCCCC1)c1ccccc1. The minimum absolute atomic E-state index is 0.0409. The van der Waals surface area contributed by atoms with E-state index >= 15 is 0 Å². The Hall–Kier alpha value is -2.02. The fraction of sp³-hybridized carbons (Fsp3) is 0.571. The van der Waals surface area contributed by atoms with Gasteiger partial charge in [-0.25, -0.2) is 0 Å². The molecule has 28 heavy (non-hydrogen) atoms. The van der Waals surface area contributed by atoms with Crippen LogP contribution in [0.15, 0.2) is 30.3 Å². The molecule has 1 saturated carbocycles. The van der Waals surface area contributed by atoms with Crippen LogP contribution in [-0.2, 0) is 19.1 Å². The second-order valence-electron chi connectivity index (χ2n) is 7.15. The molecule has 0 unspecified atom stereocenters. The van der Waals surface area contributed by atoms with E-state index < -0.39 is 5.97 Å². The molecule has 1 aliphatic carbocycles. The molecule has 1 atom stereocenters. The van der Waals surface area contributed by atoms with Crippen LogP contribution < -0.4 is 5.32 Å². The molecule has 0 spiro atoms. The van der Waals surface area contributed by atoms with Gasteiger partial charge in [0.15, 0.2) is 6.61 Å². The molecule has 1 N–H and O–H groups in total. The maximum atomic E-state index is 12.2. The molecule has 0 aromatic heterocycles. The highest BCUT2D eigenvalue weighted by Crippen LogP contribution is 2.22. The molecule has 0 saturated heterocycles. The van der Waals surface area contributed by atoms with E-state index in [2.05, 4.69) is 5.32 Å². The Morgan fingerprint density at radius 1 is 1.14 bits per heavy atom. The molecule has 1 aromatic carbocycles. The smallest absolute Gasteiger partial charge is 0.316 e. The van der Waals surface area contributed by atoms with Gasteiger partial charge in [0, 0.05) is 13.1 Å². The first-order valence-electron chi connectivity index (χ1n) is 9.80. The van der Waals surface area contributed by atoms with E-state index in [0.29, 0.717) is 6.04 Å². The lowest BCUT2D eigenvalue weighted by Crippen LogP contribution is -2.39. The Balaban J connectivity index is 1.60. The van der Waals surface area contributed by atoms with Crippen molar-refractivity contribution in [2.75, 3.05) is 25.2 Å². The van der Waals surface area contributed by atoms with Crippen molar-refractivity contribution in [2.45, 2.75) is 51.1 Å². The van der Waals surface area contributed by atoms with Gasteiger partial charge < -0.3 is 15.0 Å². The average molecular weight is 407 g/mol. The summed E-state index contributed by atoms with van der Waals surface area (Å²) < 4.78 is 5.00. The van der Waals surface area contributed by atoms with Gasteiger partial charge in [0.05, 0.1) is 17.5 Å². The number of thioether (sulfide) groups is 1. The number of nitrogens with one attached hydrogen (secondary N) is 1. The predicted molar refractivity (Wildman–Crippen MR) is 111 cm³/mol. The van der Waals surface area contributed by atoms with Crippen molar-refractivity contribution in [1.29, 1.82) is 0 Å². The van der Waals surface area contributed by atoms with Crippen molar-refractivity contribution in [3.63, 3.8) is 0 Å². The van der Waals surface area contributed by atoms with Gasteiger partial charge in [-0.05, 0) is 25.3 Å². The Morgan fingerprint density at radius 3 is 2.50 bits per heavy atom. The van der Waals surface area contributed by atoms with Gasteiger partial charge in [0.1, 0.15) is 0 Å². The number of nitrogens with zero attached hydrogens (tertiary/aromatic N) is 1. The van der Waals surface area contributed by atoms with Crippen LogP contribution in [0.25, 0.3) is 0 Å². The lowest BCUT2D eigenvalue weighted by atomic mass is 9.94. The van der Waals surface area contributed by atoms with Crippen molar-refractivity contribution < 1.29 is 19.1 Å². The van der Waals surface area contributed by atoms with Gasteiger partial charge in [-0.3, -0.25) is 14.4 Å². The fourth-order valence-electron chi connectivity index (χ4n) is 3.29. The molecule has 0 bridgehead atoms. The zero-order valence-corrected chi connectivity index (χ0v) is 17.5. The standard InChI is InChI=1S/C21H30N2O4S/c1-16(17-9-5-3-6-10-17)22-19(24)13-27-21(26)15-28-14-20(25)23(2)18-11-7-4-8-12-18/h3,5-6,9-10,16,18H,4,7-8,11-15H2,1-2H3,(H,22,24)/t16-/m1/s1. The van der Waals surface area contributed by atoms with Crippen molar-refractivity contribution in [3.8, 4) is 0 Å². The van der Waals surface area contributed by atoms with Gasteiger partial charge in [-0.15, -0.1) is 11.8 Å². The highest BCUT2D eigenvalue weighted by atomic mass is 32.2. The van der Waals surface area contributed by atoms with E-state index in [9.17, 15) is 14.4 Å². The predicted octanol–water partition coefficient (Wildman–Crippen LogP) is 2.93. The first-order valence-corrected chi connectivity index (χ1v) is 11.0. The van der Waals surface area contributed by atoms with Gasteiger partial charge >= 0.3 is 5.97 Å². The monoisotopic (exact) mass is 406 g/mol. The number of esters is 1. The summed E-state index contributed by atoms with van der Waals surface area (Å²) >= 11 is 1.23. The minimum atomic E-state index is -0.486. The van der Waals surface area contributed by atoms with Gasteiger partial charge in [0.2, 0.25) is 5.91 Å². The first kappa shape index (κ1) is 22.3. The Bertz CT molecular complexity index is 647. The largest absolute Gasteiger partial charge is 0.455 e. The van der Waals surface area contributed by atoms with Crippen LogP contribution in [0.5, 0.6) is 0 Å². The van der Waals surface area contributed by atoms with Crippen LogP contribution in [0.4, 0.5) is 0 Å². The summed E-state index contributed by atoms with van der Waals surface area (Å²) in [5, 5.41) is 2.79. The van der Waals surface area contributed by atoms with Crippen LogP contribution in [0.3, 0.4) is 0 Å². The number of amides is 2. The van der Waals surface area contributed by atoms with Crippen LogP contribution in [0, 0.1) is 0 Å². The van der Waals surface area contributed by atoms with E-state index in [1.807, 2.05) is 49.2 Å². The van der Waals surface area contributed by atoms with Crippen LogP contribution >= 0.6 is 11.8 Å². The number of rotatable bonds is 9. The van der Waals surface area contributed by atoms with Crippen molar-refractivity contribution in [3.05, 3.63) is 35.9 Å². The van der Waals surface area contributed by atoms with E-state index in [1.165, 1.54) is 31.0 Å². The maximum absolute atomic E-state index is 12.2. The lowest BCUT2D eigenvalue weighted by Gasteiger charge is -2.31. The lowest BCUT2D eigenvalue weighted by molar-refractivity contribution is -0.146. The van der Waals surface area contributed by atoms with Gasteiger partial charge in [0.25, 0.3) is 5.91 Å². The van der Waals surface area contributed by atoms with Crippen molar-refractivity contribution >= 4 is 29.5 Å². The van der Waals surface area contributed by atoms with Gasteiger partial charge in [-0.2, -0.15) is 0 Å². The summed E-state index contributed by atoms with van der Waals surface area (Å²) in [5.74, 6) is -0.479. The summed E-state index contributed by atoms with van der Waals surface area (Å²) in [4.78, 5) is 37.8. The molecule has 7 heteroatoms. The highest BCUT2D eigenvalue weighted by molar-refractivity contribution is 8.00. The summed E-state index contributed by atoms with van der Waals surface area (Å²) in [7, 11) is 1.84. The second-order valence-corrected chi connectivity index (χ2v) is 8.14. The molecule has 2 rings (SSSR count).